The average molecular weight is 420 g/mol. The summed E-state index contributed by atoms with van der Waals surface area (Å²) in [5.41, 5.74) is 1.36. The SMILES string of the molecule is O=C([O-])c1ccc(NS(=O)(=O)c2cccc(-c3nnc(-c4ccccc4)o3)c2)cc1. The second-order valence-electron chi connectivity index (χ2n) is 6.28. The van der Waals surface area contributed by atoms with Gasteiger partial charge in [0, 0.05) is 16.8 Å². The van der Waals surface area contributed by atoms with Crippen molar-refractivity contribution in [3.05, 3.63) is 84.4 Å². The predicted molar refractivity (Wildman–Crippen MR) is 107 cm³/mol. The molecule has 0 atom stereocenters. The molecule has 30 heavy (non-hydrogen) atoms. The number of carbonyl (C=O) groups is 1. The van der Waals surface area contributed by atoms with Crippen LogP contribution in [0.15, 0.2) is 88.2 Å². The number of nitrogens with one attached hydrogen (secondary N) is 1. The Morgan fingerprint density at radius 2 is 1.47 bits per heavy atom. The van der Waals surface area contributed by atoms with Gasteiger partial charge >= 0.3 is 0 Å². The molecule has 0 bridgehead atoms. The highest BCUT2D eigenvalue weighted by Gasteiger charge is 2.17. The van der Waals surface area contributed by atoms with Gasteiger partial charge in [0.05, 0.1) is 10.9 Å². The molecule has 150 valence electrons. The average Bonchev–Trinajstić information content (AvgIpc) is 3.25. The first kappa shape index (κ1) is 19.3. The summed E-state index contributed by atoms with van der Waals surface area (Å²) >= 11 is 0. The Morgan fingerprint density at radius 1 is 0.833 bits per heavy atom. The van der Waals surface area contributed by atoms with Gasteiger partial charge in [-0.15, -0.1) is 10.2 Å². The van der Waals surface area contributed by atoms with E-state index in [-0.39, 0.29) is 22.0 Å². The van der Waals surface area contributed by atoms with E-state index in [1.807, 2.05) is 30.3 Å². The van der Waals surface area contributed by atoms with E-state index in [0.717, 1.165) is 5.56 Å². The first-order valence-corrected chi connectivity index (χ1v) is 10.2. The van der Waals surface area contributed by atoms with E-state index in [1.54, 1.807) is 12.1 Å². The normalized spacial score (nSPS) is 11.2. The second kappa shape index (κ2) is 7.80. The molecule has 0 fully saturated rings. The van der Waals surface area contributed by atoms with E-state index >= 15 is 0 Å². The number of carbonyl (C=O) groups excluding carboxylic acids is 1. The summed E-state index contributed by atoms with van der Waals surface area (Å²) in [6.07, 6.45) is 0. The molecule has 0 amide bonds. The van der Waals surface area contributed by atoms with Crippen LogP contribution < -0.4 is 9.83 Å². The molecule has 0 radical (unpaired) electrons. The molecule has 4 rings (SSSR count). The van der Waals surface area contributed by atoms with Crippen LogP contribution in [0, 0.1) is 0 Å². The van der Waals surface area contributed by atoms with Crippen molar-refractivity contribution in [1.82, 2.24) is 10.2 Å². The highest BCUT2D eigenvalue weighted by molar-refractivity contribution is 7.92. The standard InChI is InChI=1S/C21H15N3O5S/c25-21(26)15-9-11-17(12-10-15)24-30(27,28)18-8-4-7-16(13-18)20-23-22-19(29-20)14-5-2-1-3-6-14/h1-13,24H,(H,25,26)/p-1. The van der Waals surface area contributed by atoms with Gasteiger partial charge in [0.15, 0.2) is 0 Å². The molecule has 8 nitrogen and oxygen atoms in total. The number of hydrogen-bond acceptors (Lipinski definition) is 7. The van der Waals surface area contributed by atoms with Crippen molar-refractivity contribution in [2.45, 2.75) is 4.90 Å². The van der Waals surface area contributed by atoms with Gasteiger partial charge in [-0.3, -0.25) is 4.72 Å². The molecule has 1 N–H and O–H groups in total. The lowest BCUT2D eigenvalue weighted by molar-refractivity contribution is -0.255. The highest BCUT2D eigenvalue weighted by Crippen LogP contribution is 2.26. The molecular weight excluding hydrogens is 406 g/mol. The third-order valence-electron chi connectivity index (χ3n) is 4.21. The van der Waals surface area contributed by atoms with E-state index in [0.29, 0.717) is 11.5 Å². The summed E-state index contributed by atoms with van der Waals surface area (Å²) in [6.45, 7) is 0. The molecule has 0 aliphatic carbocycles. The summed E-state index contributed by atoms with van der Waals surface area (Å²) in [6, 6.07) is 20.5. The zero-order valence-corrected chi connectivity index (χ0v) is 16.2. The minimum absolute atomic E-state index is 0.0107. The quantitative estimate of drug-likeness (QED) is 0.508. The number of carboxylic acids is 1. The van der Waals surface area contributed by atoms with Crippen molar-refractivity contribution in [1.29, 1.82) is 0 Å². The monoisotopic (exact) mass is 420 g/mol. The third-order valence-corrected chi connectivity index (χ3v) is 5.59. The zero-order chi connectivity index (χ0) is 21.1. The van der Waals surface area contributed by atoms with Gasteiger partial charge in [-0.1, -0.05) is 36.4 Å². The molecule has 0 aliphatic rings. The van der Waals surface area contributed by atoms with Crippen molar-refractivity contribution in [2.24, 2.45) is 0 Å². The maximum Gasteiger partial charge on any atom is 0.261 e. The van der Waals surface area contributed by atoms with E-state index in [9.17, 15) is 18.3 Å². The topological polar surface area (TPSA) is 125 Å². The fourth-order valence-corrected chi connectivity index (χ4v) is 3.83. The molecule has 1 aromatic heterocycles. The molecule has 3 aromatic carbocycles. The van der Waals surface area contributed by atoms with Gasteiger partial charge in [0.25, 0.3) is 10.0 Å². The summed E-state index contributed by atoms with van der Waals surface area (Å²) < 4.78 is 33.5. The maximum atomic E-state index is 12.7. The van der Waals surface area contributed by atoms with Gasteiger partial charge < -0.3 is 14.3 Å². The van der Waals surface area contributed by atoms with Crippen LogP contribution in [0.25, 0.3) is 22.9 Å². The number of hydrogen-bond donors (Lipinski definition) is 1. The number of sulfonamides is 1. The molecule has 9 heteroatoms. The zero-order valence-electron chi connectivity index (χ0n) is 15.3. The van der Waals surface area contributed by atoms with Gasteiger partial charge in [0.1, 0.15) is 0 Å². The lowest BCUT2D eigenvalue weighted by Gasteiger charge is -2.10. The van der Waals surface area contributed by atoms with Crippen molar-refractivity contribution < 1.29 is 22.7 Å². The Balaban J connectivity index is 1.59. The molecular formula is C21H14N3O5S-. The van der Waals surface area contributed by atoms with Crippen LogP contribution in [0.4, 0.5) is 5.69 Å². The molecule has 0 unspecified atom stereocenters. The van der Waals surface area contributed by atoms with Crippen LogP contribution in [0.1, 0.15) is 10.4 Å². The van der Waals surface area contributed by atoms with E-state index in [2.05, 4.69) is 14.9 Å². The maximum absolute atomic E-state index is 12.7. The number of nitrogens with zero attached hydrogens (tertiary/aromatic N) is 2. The number of rotatable bonds is 6. The first-order valence-electron chi connectivity index (χ1n) is 8.76. The molecule has 1 heterocycles. The molecule has 0 spiro atoms. The van der Waals surface area contributed by atoms with Crippen LogP contribution in [0.2, 0.25) is 0 Å². The minimum Gasteiger partial charge on any atom is -0.545 e. The second-order valence-corrected chi connectivity index (χ2v) is 7.96. The lowest BCUT2D eigenvalue weighted by Crippen LogP contribution is -2.22. The van der Waals surface area contributed by atoms with Crippen LogP contribution in [-0.2, 0) is 10.0 Å². The minimum atomic E-state index is -3.93. The van der Waals surface area contributed by atoms with Crippen molar-refractivity contribution in [3.8, 4) is 22.9 Å². The third kappa shape index (κ3) is 4.06. The van der Waals surface area contributed by atoms with Crippen LogP contribution >= 0.6 is 0 Å². The van der Waals surface area contributed by atoms with Crippen molar-refractivity contribution in [2.75, 3.05) is 4.72 Å². The number of benzene rings is 3. The first-order chi connectivity index (χ1) is 14.4. The molecule has 0 saturated heterocycles. The number of carboxylic acid groups (broad SMARTS) is 1. The van der Waals surface area contributed by atoms with Crippen LogP contribution in [-0.4, -0.2) is 24.6 Å². The molecule has 4 aromatic rings. The predicted octanol–water partition coefficient (Wildman–Crippen LogP) is 2.57. The van der Waals surface area contributed by atoms with Crippen molar-refractivity contribution >= 4 is 21.7 Å². The molecule has 0 aliphatic heterocycles. The van der Waals surface area contributed by atoms with Crippen molar-refractivity contribution in [3.63, 3.8) is 0 Å². The van der Waals surface area contributed by atoms with Gasteiger partial charge in [0.2, 0.25) is 11.8 Å². The number of aromatic carboxylic acids is 1. The largest absolute Gasteiger partial charge is 0.545 e. The van der Waals surface area contributed by atoms with Gasteiger partial charge in [-0.05, 0) is 48.0 Å². The summed E-state index contributed by atoms with van der Waals surface area (Å²) in [4.78, 5) is 10.8. The fourth-order valence-electron chi connectivity index (χ4n) is 2.72. The Kier molecular flexibility index (Phi) is 5.03. The van der Waals surface area contributed by atoms with E-state index < -0.39 is 16.0 Å². The van der Waals surface area contributed by atoms with Gasteiger partial charge in [-0.2, -0.15) is 0 Å². The van der Waals surface area contributed by atoms with Crippen LogP contribution in [0.5, 0.6) is 0 Å². The lowest BCUT2D eigenvalue weighted by atomic mass is 10.2. The summed E-state index contributed by atoms with van der Waals surface area (Å²) in [5, 5.41) is 18.8. The fraction of sp³-hybridized carbons (Fsp3) is 0. The van der Waals surface area contributed by atoms with Crippen LogP contribution in [0.3, 0.4) is 0 Å². The molecule has 0 saturated carbocycles. The number of anilines is 1. The smallest absolute Gasteiger partial charge is 0.261 e. The Bertz CT molecular complexity index is 1300. The number of aromatic nitrogens is 2. The summed E-state index contributed by atoms with van der Waals surface area (Å²) in [7, 11) is -3.93. The Labute approximate surface area is 171 Å². The Morgan fingerprint density at radius 3 is 2.13 bits per heavy atom. The van der Waals surface area contributed by atoms with E-state index in [1.165, 1.54) is 36.4 Å². The summed E-state index contributed by atoms with van der Waals surface area (Å²) in [5.74, 6) is -0.833. The Hall–Kier alpha value is -3.98. The highest BCUT2D eigenvalue weighted by atomic mass is 32.2. The van der Waals surface area contributed by atoms with Gasteiger partial charge in [-0.25, -0.2) is 8.42 Å². The van der Waals surface area contributed by atoms with E-state index in [4.69, 9.17) is 4.42 Å².